The Morgan fingerprint density at radius 1 is 0.765 bits per heavy atom. The van der Waals surface area contributed by atoms with Crippen LogP contribution in [0.5, 0.6) is 11.5 Å². The maximum atomic E-state index is 10.9. The Hall–Kier alpha value is -3.73. The Morgan fingerprint density at radius 3 is 1.88 bits per heavy atom. The Labute approximate surface area is 201 Å². The van der Waals surface area contributed by atoms with Crippen LogP contribution in [-0.2, 0) is 0 Å². The standard InChI is InChI=1S/C29H31N3O2/c1-3-5-12-21(4-2)20-34-24-17-18-25(26(33)19-24)29-31-27(22-13-8-6-9-14-22)30-28(32-29)23-15-10-7-11-16-23/h6-11,13-19,21,33H,3-5,12,20H2,1-2H3. The topological polar surface area (TPSA) is 68.1 Å². The third-order valence-electron chi connectivity index (χ3n) is 5.94. The van der Waals surface area contributed by atoms with Gasteiger partial charge >= 0.3 is 0 Å². The molecule has 1 atom stereocenters. The zero-order valence-corrected chi connectivity index (χ0v) is 19.8. The van der Waals surface area contributed by atoms with Gasteiger partial charge in [-0.25, -0.2) is 15.0 Å². The van der Waals surface area contributed by atoms with Gasteiger partial charge in [-0.15, -0.1) is 0 Å². The van der Waals surface area contributed by atoms with E-state index in [2.05, 4.69) is 23.8 Å². The average Bonchev–Trinajstić information content (AvgIpc) is 2.89. The highest BCUT2D eigenvalue weighted by molar-refractivity contribution is 5.70. The summed E-state index contributed by atoms with van der Waals surface area (Å²) in [5, 5.41) is 10.9. The van der Waals surface area contributed by atoms with Crippen LogP contribution in [-0.4, -0.2) is 26.7 Å². The molecule has 34 heavy (non-hydrogen) atoms. The summed E-state index contributed by atoms with van der Waals surface area (Å²) in [6, 6.07) is 24.9. The highest BCUT2D eigenvalue weighted by Crippen LogP contribution is 2.33. The summed E-state index contributed by atoms with van der Waals surface area (Å²) in [6.07, 6.45) is 4.64. The highest BCUT2D eigenvalue weighted by atomic mass is 16.5. The molecule has 1 heterocycles. The molecule has 0 saturated heterocycles. The van der Waals surface area contributed by atoms with E-state index in [0.29, 0.717) is 41.3 Å². The van der Waals surface area contributed by atoms with Crippen LogP contribution in [0.1, 0.15) is 39.5 Å². The smallest absolute Gasteiger partial charge is 0.167 e. The van der Waals surface area contributed by atoms with Crippen molar-refractivity contribution in [3.8, 4) is 45.7 Å². The number of hydrogen-bond acceptors (Lipinski definition) is 5. The zero-order chi connectivity index (χ0) is 23.8. The van der Waals surface area contributed by atoms with E-state index in [1.165, 1.54) is 12.8 Å². The van der Waals surface area contributed by atoms with Crippen molar-refractivity contribution in [3.05, 3.63) is 78.9 Å². The van der Waals surface area contributed by atoms with Crippen molar-refractivity contribution in [2.45, 2.75) is 39.5 Å². The van der Waals surface area contributed by atoms with Crippen molar-refractivity contribution in [2.75, 3.05) is 6.61 Å². The molecule has 0 saturated carbocycles. The summed E-state index contributed by atoms with van der Waals surface area (Å²) in [5.74, 6) is 2.80. The number of aromatic hydroxyl groups is 1. The monoisotopic (exact) mass is 453 g/mol. The first-order valence-electron chi connectivity index (χ1n) is 12.0. The number of phenolic OH excluding ortho intramolecular Hbond substituents is 1. The Balaban J connectivity index is 1.65. The molecule has 3 aromatic carbocycles. The molecule has 4 aromatic rings. The largest absolute Gasteiger partial charge is 0.507 e. The predicted molar refractivity (Wildman–Crippen MR) is 137 cm³/mol. The molecule has 1 N–H and O–H groups in total. The van der Waals surface area contributed by atoms with Gasteiger partial charge in [-0.1, -0.05) is 93.8 Å². The molecule has 0 radical (unpaired) electrons. The van der Waals surface area contributed by atoms with E-state index < -0.39 is 0 Å². The van der Waals surface area contributed by atoms with Crippen LogP contribution >= 0.6 is 0 Å². The lowest BCUT2D eigenvalue weighted by molar-refractivity contribution is 0.232. The molecule has 0 bridgehead atoms. The van der Waals surface area contributed by atoms with Crippen LogP contribution in [0.2, 0.25) is 0 Å². The molecule has 1 aromatic heterocycles. The minimum atomic E-state index is 0.0864. The first kappa shape index (κ1) is 23.4. The van der Waals surface area contributed by atoms with E-state index in [-0.39, 0.29) is 5.75 Å². The number of phenols is 1. The van der Waals surface area contributed by atoms with Gasteiger partial charge in [0.2, 0.25) is 0 Å². The quantitative estimate of drug-likeness (QED) is 0.276. The molecule has 1 unspecified atom stereocenters. The van der Waals surface area contributed by atoms with Crippen LogP contribution in [0.3, 0.4) is 0 Å². The van der Waals surface area contributed by atoms with Crippen molar-refractivity contribution in [1.29, 1.82) is 0 Å². The van der Waals surface area contributed by atoms with E-state index in [4.69, 9.17) is 9.72 Å². The van der Waals surface area contributed by atoms with Gasteiger partial charge in [0.1, 0.15) is 11.5 Å². The number of rotatable bonds is 10. The van der Waals surface area contributed by atoms with E-state index in [9.17, 15) is 5.11 Å². The number of ether oxygens (including phenoxy) is 1. The van der Waals surface area contributed by atoms with Crippen LogP contribution in [0.15, 0.2) is 78.9 Å². The summed E-state index contributed by atoms with van der Waals surface area (Å²) < 4.78 is 6.00. The first-order chi connectivity index (χ1) is 16.7. The highest BCUT2D eigenvalue weighted by Gasteiger charge is 2.15. The summed E-state index contributed by atoms with van der Waals surface area (Å²) in [4.78, 5) is 14.1. The van der Waals surface area contributed by atoms with E-state index >= 15 is 0 Å². The number of nitrogens with zero attached hydrogens (tertiary/aromatic N) is 3. The van der Waals surface area contributed by atoms with Gasteiger partial charge in [-0.3, -0.25) is 0 Å². The van der Waals surface area contributed by atoms with Crippen molar-refractivity contribution in [1.82, 2.24) is 15.0 Å². The predicted octanol–water partition coefficient (Wildman–Crippen LogP) is 7.17. The van der Waals surface area contributed by atoms with Crippen molar-refractivity contribution in [2.24, 2.45) is 5.92 Å². The molecule has 0 spiro atoms. The number of benzene rings is 3. The molecule has 5 nitrogen and oxygen atoms in total. The van der Waals surface area contributed by atoms with Crippen molar-refractivity contribution >= 4 is 0 Å². The van der Waals surface area contributed by atoms with Crippen LogP contribution in [0, 0.1) is 5.92 Å². The van der Waals surface area contributed by atoms with E-state index in [1.54, 1.807) is 6.07 Å². The fourth-order valence-electron chi connectivity index (χ4n) is 3.83. The number of unbranched alkanes of at least 4 members (excludes halogenated alkanes) is 1. The second-order valence-electron chi connectivity index (χ2n) is 8.44. The first-order valence-corrected chi connectivity index (χ1v) is 12.0. The summed E-state index contributed by atoms with van der Waals surface area (Å²) in [5.41, 5.74) is 2.32. The Bertz CT molecular complexity index is 1140. The van der Waals surface area contributed by atoms with Gasteiger partial charge in [-0.2, -0.15) is 0 Å². The summed E-state index contributed by atoms with van der Waals surface area (Å²) >= 11 is 0. The lowest BCUT2D eigenvalue weighted by Gasteiger charge is -2.16. The van der Waals surface area contributed by atoms with Crippen LogP contribution < -0.4 is 4.74 Å². The normalized spacial score (nSPS) is 11.8. The second kappa shape index (κ2) is 11.4. The molecule has 5 heteroatoms. The number of hydrogen-bond donors (Lipinski definition) is 1. The molecule has 174 valence electrons. The van der Waals surface area contributed by atoms with Gasteiger partial charge in [-0.05, 0) is 24.5 Å². The average molecular weight is 454 g/mol. The van der Waals surface area contributed by atoms with Gasteiger partial charge in [0.05, 0.1) is 12.2 Å². The fourth-order valence-corrected chi connectivity index (χ4v) is 3.83. The summed E-state index contributed by atoms with van der Waals surface area (Å²) in [7, 11) is 0. The maximum absolute atomic E-state index is 10.9. The molecule has 0 aliphatic carbocycles. The second-order valence-corrected chi connectivity index (χ2v) is 8.44. The van der Waals surface area contributed by atoms with Gasteiger partial charge in [0.15, 0.2) is 17.5 Å². The molecular weight excluding hydrogens is 422 g/mol. The lowest BCUT2D eigenvalue weighted by atomic mass is 10.0. The molecular formula is C29H31N3O2. The molecule has 0 aliphatic heterocycles. The SMILES string of the molecule is CCCCC(CC)COc1ccc(-c2nc(-c3ccccc3)nc(-c3ccccc3)n2)c(O)c1. The fraction of sp³-hybridized carbons (Fsp3) is 0.276. The van der Waals surface area contributed by atoms with Crippen LogP contribution in [0.4, 0.5) is 0 Å². The molecule has 4 rings (SSSR count). The van der Waals surface area contributed by atoms with Crippen LogP contribution in [0.25, 0.3) is 34.2 Å². The molecule has 0 fully saturated rings. The molecule has 0 amide bonds. The van der Waals surface area contributed by atoms with E-state index in [1.807, 2.05) is 72.8 Å². The maximum Gasteiger partial charge on any atom is 0.167 e. The Morgan fingerprint density at radius 2 is 1.35 bits per heavy atom. The minimum absolute atomic E-state index is 0.0864. The van der Waals surface area contributed by atoms with Crippen molar-refractivity contribution in [3.63, 3.8) is 0 Å². The third kappa shape index (κ3) is 5.79. The van der Waals surface area contributed by atoms with Gasteiger partial charge < -0.3 is 9.84 Å². The zero-order valence-electron chi connectivity index (χ0n) is 19.8. The summed E-state index contributed by atoms with van der Waals surface area (Å²) in [6.45, 7) is 5.05. The third-order valence-corrected chi connectivity index (χ3v) is 5.94. The lowest BCUT2D eigenvalue weighted by Crippen LogP contribution is -2.11. The van der Waals surface area contributed by atoms with E-state index in [0.717, 1.165) is 24.0 Å². The number of aromatic nitrogens is 3. The Kier molecular flexibility index (Phi) is 7.87. The van der Waals surface area contributed by atoms with Crippen molar-refractivity contribution < 1.29 is 9.84 Å². The van der Waals surface area contributed by atoms with Gasteiger partial charge in [0, 0.05) is 17.2 Å². The molecule has 0 aliphatic rings. The minimum Gasteiger partial charge on any atom is -0.507 e. The van der Waals surface area contributed by atoms with Gasteiger partial charge in [0.25, 0.3) is 0 Å².